The molecule has 1 aromatic carbocycles. The van der Waals surface area contributed by atoms with E-state index in [2.05, 4.69) is 16.8 Å². The molecule has 0 radical (unpaired) electrons. The third-order valence-corrected chi connectivity index (χ3v) is 4.98. The molecule has 1 saturated carbocycles. The Hall–Kier alpha value is -1.82. The number of hydrogen-bond acceptors (Lipinski definition) is 2. The molecule has 0 unspecified atom stereocenters. The fourth-order valence-corrected chi connectivity index (χ4v) is 3.47. The molecule has 3 rings (SSSR count). The van der Waals surface area contributed by atoms with E-state index in [9.17, 15) is 18.0 Å². The summed E-state index contributed by atoms with van der Waals surface area (Å²) in [7, 11) is 0. The van der Waals surface area contributed by atoms with Crippen LogP contribution in [0.15, 0.2) is 36.9 Å². The minimum atomic E-state index is -4.30. The Labute approximate surface area is 133 Å². The number of nitrogens with one attached hydrogen (secondary N) is 1. The topological polar surface area (TPSA) is 32.3 Å². The Balaban J connectivity index is 1.58. The minimum Gasteiger partial charge on any atom is -0.349 e. The van der Waals surface area contributed by atoms with E-state index in [0.717, 1.165) is 30.8 Å². The van der Waals surface area contributed by atoms with Gasteiger partial charge in [0.25, 0.3) is 0 Å². The van der Waals surface area contributed by atoms with Crippen molar-refractivity contribution in [2.75, 3.05) is 13.1 Å². The van der Waals surface area contributed by atoms with Crippen LogP contribution in [-0.4, -0.2) is 29.9 Å². The molecular weight excluding hydrogens is 305 g/mol. The van der Waals surface area contributed by atoms with Gasteiger partial charge in [-0.25, -0.2) is 0 Å². The van der Waals surface area contributed by atoms with Crippen molar-refractivity contribution in [2.24, 2.45) is 11.8 Å². The van der Waals surface area contributed by atoms with Gasteiger partial charge in [-0.1, -0.05) is 18.7 Å². The van der Waals surface area contributed by atoms with E-state index in [1.165, 1.54) is 6.08 Å². The number of likely N-dealkylation sites (tertiary alicyclic amines) is 1. The first-order chi connectivity index (χ1) is 10.8. The lowest BCUT2D eigenvalue weighted by Crippen LogP contribution is -2.35. The molecule has 0 aromatic heterocycles. The zero-order valence-electron chi connectivity index (χ0n) is 12.8. The molecule has 2 aliphatic rings. The Morgan fingerprint density at radius 2 is 1.87 bits per heavy atom. The van der Waals surface area contributed by atoms with Gasteiger partial charge in [0.05, 0.1) is 5.56 Å². The number of hydrogen-bond donors (Lipinski definition) is 1. The molecule has 1 aliphatic heterocycles. The average molecular weight is 324 g/mol. The number of benzene rings is 1. The summed E-state index contributed by atoms with van der Waals surface area (Å²) >= 11 is 0. The van der Waals surface area contributed by atoms with Crippen molar-refractivity contribution in [1.29, 1.82) is 0 Å². The first-order valence-corrected chi connectivity index (χ1v) is 7.65. The summed E-state index contributed by atoms with van der Waals surface area (Å²) in [5.41, 5.74) is 0.260. The fourth-order valence-electron chi connectivity index (χ4n) is 3.47. The standard InChI is InChI=1S/C17H19F3N2O/c1-3-15(23)21-16-13-8-22(9-14(13)16)10(2)11-4-6-12(7-5-11)17(18,19)20/h3-7,10,13-14,16H,1,8-9H2,2H3,(H,21,23)/t10-,13-,14+,16+/m1/s1. The molecule has 1 amide bonds. The van der Waals surface area contributed by atoms with E-state index < -0.39 is 11.7 Å². The van der Waals surface area contributed by atoms with Crippen molar-refractivity contribution in [2.45, 2.75) is 25.2 Å². The van der Waals surface area contributed by atoms with Crippen LogP contribution in [0.3, 0.4) is 0 Å². The Bertz CT molecular complexity index is 599. The Kier molecular flexibility index (Phi) is 3.96. The lowest BCUT2D eigenvalue weighted by atomic mass is 10.0. The quantitative estimate of drug-likeness (QED) is 0.864. The molecule has 1 N–H and O–H groups in total. The van der Waals surface area contributed by atoms with Crippen molar-refractivity contribution in [3.05, 3.63) is 48.0 Å². The molecule has 124 valence electrons. The van der Waals surface area contributed by atoms with Crippen molar-refractivity contribution in [1.82, 2.24) is 10.2 Å². The molecular formula is C17H19F3N2O. The summed E-state index contributed by atoms with van der Waals surface area (Å²) in [6.07, 6.45) is -3.02. The van der Waals surface area contributed by atoms with E-state index in [1.807, 2.05) is 6.92 Å². The van der Waals surface area contributed by atoms with Gasteiger partial charge in [-0.2, -0.15) is 13.2 Å². The third kappa shape index (κ3) is 3.13. The maximum atomic E-state index is 12.6. The van der Waals surface area contributed by atoms with E-state index >= 15 is 0 Å². The zero-order valence-corrected chi connectivity index (χ0v) is 12.8. The predicted molar refractivity (Wildman–Crippen MR) is 80.5 cm³/mol. The van der Waals surface area contributed by atoms with Gasteiger partial charge in [-0.15, -0.1) is 0 Å². The molecule has 3 nitrogen and oxygen atoms in total. The highest BCUT2D eigenvalue weighted by atomic mass is 19.4. The smallest absolute Gasteiger partial charge is 0.349 e. The highest BCUT2D eigenvalue weighted by Crippen LogP contribution is 2.47. The van der Waals surface area contributed by atoms with E-state index in [-0.39, 0.29) is 18.0 Å². The maximum absolute atomic E-state index is 12.6. The lowest BCUT2D eigenvalue weighted by Gasteiger charge is -2.27. The van der Waals surface area contributed by atoms with Gasteiger partial charge in [0, 0.05) is 25.2 Å². The first kappa shape index (κ1) is 16.1. The summed E-state index contributed by atoms with van der Waals surface area (Å²) in [4.78, 5) is 13.6. The van der Waals surface area contributed by atoms with E-state index in [4.69, 9.17) is 0 Å². The number of rotatable bonds is 4. The molecule has 0 spiro atoms. The van der Waals surface area contributed by atoms with Crippen LogP contribution < -0.4 is 5.32 Å². The van der Waals surface area contributed by atoms with Crippen molar-refractivity contribution >= 4 is 5.91 Å². The molecule has 23 heavy (non-hydrogen) atoms. The van der Waals surface area contributed by atoms with Crippen molar-refractivity contribution in [3.63, 3.8) is 0 Å². The van der Waals surface area contributed by atoms with Crippen LogP contribution in [0, 0.1) is 11.8 Å². The van der Waals surface area contributed by atoms with Crippen LogP contribution in [0.4, 0.5) is 13.2 Å². The number of fused-ring (bicyclic) bond motifs is 1. The van der Waals surface area contributed by atoms with Crippen molar-refractivity contribution in [3.8, 4) is 0 Å². The van der Waals surface area contributed by atoms with Gasteiger partial charge >= 0.3 is 6.18 Å². The number of carbonyl (C=O) groups excluding carboxylic acids is 1. The van der Waals surface area contributed by atoms with Gasteiger partial charge in [0.1, 0.15) is 0 Å². The van der Waals surface area contributed by atoms with E-state index in [1.54, 1.807) is 12.1 Å². The van der Waals surface area contributed by atoms with Gasteiger partial charge in [0.15, 0.2) is 0 Å². The Morgan fingerprint density at radius 1 is 1.30 bits per heavy atom. The first-order valence-electron chi connectivity index (χ1n) is 7.65. The number of alkyl halides is 3. The largest absolute Gasteiger partial charge is 0.416 e. The minimum absolute atomic E-state index is 0.0702. The fraction of sp³-hybridized carbons (Fsp3) is 0.471. The molecule has 6 heteroatoms. The normalized spacial score (nSPS) is 28.1. The van der Waals surface area contributed by atoms with Crippen LogP contribution in [0.1, 0.15) is 24.1 Å². The van der Waals surface area contributed by atoms with Crippen LogP contribution in [-0.2, 0) is 11.0 Å². The predicted octanol–water partition coefficient (Wildman–Crippen LogP) is 3.00. The Morgan fingerprint density at radius 3 is 2.35 bits per heavy atom. The number of carbonyl (C=O) groups is 1. The molecule has 1 saturated heterocycles. The van der Waals surface area contributed by atoms with Crippen LogP contribution >= 0.6 is 0 Å². The highest BCUT2D eigenvalue weighted by molar-refractivity contribution is 5.87. The van der Waals surface area contributed by atoms with Crippen LogP contribution in [0.2, 0.25) is 0 Å². The van der Waals surface area contributed by atoms with Gasteiger partial charge in [0.2, 0.25) is 5.91 Å². The summed E-state index contributed by atoms with van der Waals surface area (Å²) < 4.78 is 37.8. The molecule has 4 atom stereocenters. The van der Waals surface area contributed by atoms with Gasteiger partial charge in [-0.3, -0.25) is 9.69 Å². The second-order valence-electron chi connectivity index (χ2n) is 6.32. The summed E-state index contributed by atoms with van der Waals surface area (Å²) in [5, 5.41) is 2.92. The SMILES string of the molecule is C=CC(=O)N[C@H]1[C@@H]2CN([C@H](C)c3ccc(C(F)(F)F)cc3)C[C@@H]21. The number of nitrogens with zero attached hydrogens (tertiary/aromatic N) is 1. The molecule has 1 aromatic rings. The number of amides is 1. The van der Waals surface area contributed by atoms with Crippen LogP contribution in [0.5, 0.6) is 0 Å². The summed E-state index contributed by atoms with van der Waals surface area (Å²) in [5.74, 6) is 0.735. The van der Waals surface area contributed by atoms with Gasteiger partial charge < -0.3 is 5.32 Å². The second-order valence-corrected chi connectivity index (χ2v) is 6.32. The number of piperidine rings is 1. The van der Waals surface area contributed by atoms with E-state index in [0.29, 0.717) is 11.8 Å². The van der Waals surface area contributed by atoms with Crippen molar-refractivity contribution < 1.29 is 18.0 Å². The molecule has 1 heterocycles. The molecule has 0 bridgehead atoms. The summed E-state index contributed by atoms with van der Waals surface area (Å²) in [6.45, 7) is 7.16. The average Bonchev–Trinajstić information content (AvgIpc) is 2.96. The highest BCUT2D eigenvalue weighted by Gasteiger charge is 2.56. The molecule has 1 aliphatic carbocycles. The lowest BCUT2D eigenvalue weighted by molar-refractivity contribution is -0.137. The number of halogens is 3. The third-order valence-electron chi connectivity index (χ3n) is 4.98. The van der Waals surface area contributed by atoms with Gasteiger partial charge in [-0.05, 0) is 42.5 Å². The maximum Gasteiger partial charge on any atom is 0.416 e. The summed E-state index contributed by atoms with van der Waals surface area (Å²) in [6, 6.07) is 5.66. The monoisotopic (exact) mass is 324 g/mol. The second kappa shape index (κ2) is 5.67. The molecule has 2 fully saturated rings. The zero-order chi connectivity index (χ0) is 16.8. The van der Waals surface area contributed by atoms with Crippen LogP contribution in [0.25, 0.3) is 0 Å².